The highest BCUT2D eigenvalue weighted by molar-refractivity contribution is 7.89. The van der Waals surface area contributed by atoms with Crippen molar-refractivity contribution in [3.05, 3.63) is 29.1 Å². The Bertz CT molecular complexity index is 611. The zero-order chi connectivity index (χ0) is 15.6. The second-order valence-corrected chi connectivity index (χ2v) is 7.19. The molecule has 1 aromatic carbocycles. The maximum absolute atomic E-state index is 13.8. The predicted molar refractivity (Wildman–Crippen MR) is 77.8 cm³/mol. The third-order valence-corrected chi connectivity index (χ3v) is 5.77. The molecule has 0 atom stereocenters. The first-order valence-corrected chi connectivity index (χ1v) is 8.36. The van der Waals surface area contributed by atoms with Crippen molar-refractivity contribution in [3.8, 4) is 0 Å². The number of nitrogens with two attached hydrogens (primary N) is 1. The molecule has 0 saturated carbocycles. The number of hydrogen-bond acceptors (Lipinski definition) is 4. The fourth-order valence-electron chi connectivity index (χ4n) is 2.56. The molecule has 0 radical (unpaired) electrons. The highest BCUT2D eigenvalue weighted by Gasteiger charge is 2.30. The van der Waals surface area contributed by atoms with Gasteiger partial charge >= 0.3 is 0 Å². The fourth-order valence-corrected chi connectivity index (χ4v) is 4.17. The average molecular weight is 316 g/mol. The number of ether oxygens (including phenoxy) is 1. The number of piperidine rings is 1. The van der Waals surface area contributed by atoms with Crippen molar-refractivity contribution in [2.75, 3.05) is 20.2 Å². The van der Waals surface area contributed by atoms with Crippen LogP contribution in [-0.2, 0) is 21.3 Å². The molecule has 2 rings (SSSR count). The molecule has 118 valence electrons. The van der Waals surface area contributed by atoms with Gasteiger partial charge in [-0.05, 0) is 37.5 Å². The van der Waals surface area contributed by atoms with Crippen molar-refractivity contribution >= 4 is 10.0 Å². The minimum absolute atomic E-state index is 0.0260. The molecule has 2 N–H and O–H groups in total. The summed E-state index contributed by atoms with van der Waals surface area (Å²) < 4.78 is 45.7. The van der Waals surface area contributed by atoms with Crippen LogP contribution in [0.4, 0.5) is 4.39 Å². The lowest BCUT2D eigenvalue weighted by Gasteiger charge is -2.30. The molecule has 1 aliphatic rings. The second kappa shape index (κ2) is 6.39. The van der Waals surface area contributed by atoms with Crippen LogP contribution in [0.1, 0.15) is 24.0 Å². The van der Waals surface area contributed by atoms with E-state index in [4.69, 9.17) is 10.5 Å². The first-order chi connectivity index (χ1) is 9.90. The van der Waals surface area contributed by atoms with Crippen LogP contribution >= 0.6 is 0 Å². The molecule has 0 spiro atoms. The van der Waals surface area contributed by atoms with Crippen LogP contribution in [0.3, 0.4) is 0 Å². The molecule has 0 aromatic heterocycles. The molecule has 0 amide bonds. The third kappa shape index (κ3) is 3.26. The third-order valence-electron chi connectivity index (χ3n) is 3.90. The monoisotopic (exact) mass is 316 g/mol. The number of rotatable bonds is 4. The summed E-state index contributed by atoms with van der Waals surface area (Å²) in [6, 6.07) is 2.70. The van der Waals surface area contributed by atoms with E-state index in [2.05, 4.69) is 0 Å². The van der Waals surface area contributed by atoms with Crippen LogP contribution in [0, 0.1) is 12.7 Å². The van der Waals surface area contributed by atoms with Crippen LogP contribution in [0.2, 0.25) is 0 Å². The van der Waals surface area contributed by atoms with Gasteiger partial charge in [-0.1, -0.05) is 0 Å². The van der Waals surface area contributed by atoms with Crippen LogP contribution < -0.4 is 5.73 Å². The summed E-state index contributed by atoms with van der Waals surface area (Å²) in [5, 5.41) is 0. The Balaban J connectivity index is 2.30. The minimum Gasteiger partial charge on any atom is -0.381 e. The maximum Gasteiger partial charge on any atom is 0.243 e. The molecule has 0 aliphatic carbocycles. The van der Waals surface area contributed by atoms with Gasteiger partial charge in [0.1, 0.15) is 5.82 Å². The zero-order valence-electron chi connectivity index (χ0n) is 12.3. The molecule has 1 fully saturated rings. The Morgan fingerprint density at radius 3 is 2.52 bits per heavy atom. The predicted octanol–water partition coefficient (Wildman–Crippen LogP) is 1.39. The topological polar surface area (TPSA) is 72.6 Å². The van der Waals surface area contributed by atoms with E-state index in [1.54, 1.807) is 14.0 Å². The summed E-state index contributed by atoms with van der Waals surface area (Å²) in [7, 11) is -1.98. The van der Waals surface area contributed by atoms with E-state index < -0.39 is 15.8 Å². The minimum atomic E-state index is -3.61. The van der Waals surface area contributed by atoms with Crippen molar-refractivity contribution in [1.82, 2.24) is 4.31 Å². The van der Waals surface area contributed by atoms with E-state index >= 15 is 0 Å². The Labute approximate surface area is 124 Å². The van der Waals surface area contributed by atoms with E-state index in [0.717, 1.165) is 0 Å². The quantitative estimate of drug-likeness (QED) is 0.911. The van der Waals surface area contributed by atoms with Gasteiger partial charge in [-0.2, -0.15) is 4.31 Å². The van der Waals surface area contributed by atoms with Crippen molar-refractivity contribution in [2.45, 2.75) is 37.3 Å². The highest BCUT2D eigenvalue weighted by Crippen LogP contribution is 2.25. The van der Waals surface area contributed by atoms with Gasteiger partial charge in [0.05, 0.1) is 11.0 Å². The Morgan fingerprint density at radius 1 is 1.38 bits per heavy atom. The Morgan fingerprint density at radius 2 is 2.00 bits per heavy atom. The first-order valence-electron chi connectivity index (χ1n) is 6.92. The number of hydrogen-bond donors (Lipinski definition) is 1. The lowest BCUT2D eigenvalue weighted by atomic mass is 10.1. The van der Waals surface area contributed by atoms with Crippen molar-refractivity contribution in [1.29, 1.82) is 0 Å². The average Bonchev–Trinajstić information content (AvgIpc) is 2.49. The molecule has 1 heterocycles. The van der Waals surface area contributed by atoms with Crippen LogP contribution in [0.25, 0.3) is 0 Å². The first kappa shape index (κ1) is 16.4. The van der Waals surface area contributed by atoms with E-state index in [1.165, 1.54) is 16.4 Å². The summed E-state index contributed by atoms with van der Waals surface area (Å²) in [5.74, 6) is -0.436. The molecule has 21 heavy (non-hydrogen) atoms. The number of halogens is 1. The van der Waals surface area contributed by atoms with E-state index in [0.29, 0.717) is 31.5 Å². The number of aryl methyl sites for hydroxylation is 1. The fraction of sp³-hybridized carbons (Fsp3) is 0.571. The number of sulfonamides is 1. The molecular formula is C14H21FN2O3S. The molecule has 5 nitrogen and oxygen atoms in total. The summed E-state index contributed by atoms with van der Waals surface area (Å²) in [5.41, 5.74) is 6.00. The zero-order valence-corrected chi connectivity index (χ0v) is 13.1. The van der Waals surface area contributed by atoms with E-state index in [1.807, 2.05) is 0 Å². The Kier molecular flexibility index (Phi) is 4.98. The summed E-state index contributed by atoms with van der Waals surface area (Å²) in [6.07, 6.45) is 1.44. The van der Waals surface area contributed by atoms with Crippen LogP contribution in [0.5, 0.6) is 0 Å². The van der Waals surface area contributed by atoms with Crippen LogP contribution in [0.15, 0.2) is 17.0 Å². The second-order valence-electron chi connectivity index (χ2n) is 5.26. The summed E-state index contributed by atoms with van der Waals surface area (Å²) in [4.78, 5) is 0.109. The van der Waals surface area contributed by atoms with E-state index in [9.17, 15) is 12.8 Å². The van der Waals surface area contributed by atoms with Gasteiger partial charge in [0, 0.05) is 32.3 Å². The lowest BCUT2D eigenvalue weighted by molar-refractivity contribution is 0.0604. The molecule has 1 aromatic rings. The Hall–Kier alpha value is -1.02. The standard InChI is InChI=1S/C14H21FN2O3S/c1-10-7-13(8-11(9-16)14(10)15)21(18,19)17-5-3-12(20-2)4-6-17/h7-8,12H,3-6,9,16H2,1-2H3. The smallest absolute Gasteiger partial charge is 0.243 e. The van der Waals surface area contributed by atoms with Gasteiger partial charge in [-0.25, -0.2) is 12.8 Å². The van der Waals surface area contributed by atoms with Gasteiger partial charge in [0.2, 0.25) is 10.0 Å². The molecule has 1 saturated heterocycles. The molecule has 7 heteroatoms. The normalized spacial score (nSPS) is 18.1. The lowest BCUT2D eigenvalue weighted by Crippen LogP contribution is -2.40. The number of benzene rings is 1. The van der Waals surface area contributed by atoms with Crippen molar-refractivity contribution < 1.29 is 17.5 Å². The number of methoxy groups -OCH3 is 1. The molecular weight excluding hydrogens is 295 g/mol. The molecule has 0 unspecified atom stereocenters. The number of nitrogens with zero attached hydrogens (tertiary/aromatic N) is 1. The molecule has 1 aliphatic heterocycles. The summed E-state index contributed by atoms with van der Waals surface area (Å²) >= 11 is 0. The largest absolute Gasteiger partial charge is 0.381 e. The van der Waals surface area contributed by atoms with Gasteiger partial charge in [-0.3, -0.25) is 0 Å². The van der Waals surface area contributed by atoms with Crippen molar-refractivity contribution in [2.24, 2.45) is 5.73 Å². The van der Waals surface area contributed by atoms with Gasteiger partial charge < -0.3 is 10.5 Å². The maximum atomic E-state index is 13.8. The highest BCUT2D eigenvalue weighted by atomic mass is 32.2. The molecule has 0 bridgehead atoms. The van der Waals surface area contributed by atoms with Gasteiger partial charge in [0.15, 0.2) is 0 Å². The van der Waals surface area contributed by atoms with Gasteiger partial charge in [0.25, 0.3) is 0 Å². The summed E-state index contributed by atoms with van der Waals surface area (Å²) in [6.45, 7) is 2.34. The van der Waals surface area contributed by atoms with Crippen LogP contribution in [-0.4, -0.2) is 39.0 Å². The van der Waals surface area contributed by atoms with Gasteiger partial charge in [-0.15, -0.1) is 0 Å². The van der Waals surface area contributed by atoms with E-state index in [-0.39, 0.29) is 23.1 Å². The SMILES string of the molecule is COC1CCN(S(=O)(=O)c2cc(C)c(F)c(CN)c2)CC1. The van der Waals surface area contributed by atoms with Crippen molar-refractivity contribution in [3.63, 3.8) is 0 Å².